The summed E-state index contributed by atoms with van der Waals surface area (Å²) in [7, 11) is 0. The van der Waals surface area contributed by atoms with Gasteiger partial charge in [-0.3, -0.25) is 0 Å². The van der Waals surface area contributed by atoms with Crippen molar-refractivity contribution < 1.29 is 9.52 Å². The van der Waals surface area contributed by atoms with E-state index in [9.17, 15) is 5.11 Å². The van der Waals surface area contributed by atoms with E-state index in [1.54, 1.807) is 0 Å². The third-order valence-corrected chi connectivity index (χ3v) is 2.99. The topological polar surface area (TPSA) is 33.4 Å². The third-order valence-electron chi connectivity index (χ3n) is 2.99. The van der Waals surface area contributed by atoms with E-state index in [4.69, 9.17) is 4.42 Å². The summed E-state index contributed by atoms with van der Waals surface area (Å²) in [5.74, 6) is 2.23. The number of furan rings is 1. The average molecular weight is 180 g/mol. The fourth-order valence-corrected chi connectivity index (χ4v) is 1.95. The number of rotatable bonds is 2. The fraction of sp³-hybridized carbons (Fsp3) is 0.636. The molecule has 72 valence electrons. The molecule has 1 N–H and O–H groups in total. The van der Waals surface area contributed by atoms with E-state index in [1.165, 1.54) is 6.42 Å². The molecule has 0 spiro atoms. The van der Waals surface area contributed by atoms with Gasteiger partial charge in [-0.1, -0.05) is 6.42 Å². The summed E-state index contributed by atoms with van der Waals surface area (Å²) < 4.78 is 5.39. The van der Waals surface area contributed by atoms with Gasteiger partial charge in [0.15, 0.2) is 0 Å². The molecule has 0 aromatic carbocycles. The van der Waals surface area contributed by atoms with Crippen LogP contribution >= 0.6 is 0 Å². The number of hydrogen-bond acceptors (Lipinski definition) is 2. The van der Waals surface area contributed by atoms with Crippen molar-refractivity contribution in [1.82, 2.24) is 0 Å². The summed E-state index contributed by atoms with van der Waals surface area (Å²) in [6.07, 6.45) is 3.28. The van der Waals surface area contributed by atoms with Crippen LogP contribution in [0.5, 0.6) is 0 Å². The van der Waals surface area contributed by atoms with Crippen LogP contribution in [0.3, 0.4) is 0 Å². The molecule has 1 aliphatic rings. The first-order valence-corrected chi connectivity index (χ1v) is 4.93. The molecule has 1 unspecified atom stereocenters. The molecule has 0 amide bonds. The minimum Gasteiger partial charge on any atom is -0.466 e. The SMILES string of the molecule is Cc1cc(C(O)C2CCC2)c(C)o1. The molecule has 13 heavy (non-hydrogen) atoms. The van der Waals surface area contributed by atoms with E-state index in [1.807, 2.05) is 19.9 Å². The molecule has 1 heterocycles. The maximum absolute atomic E-state index is 9.97. The Morgan fingerprint density at radius 1 is 1.46 bits per heavy atom. The molecule has 1 aromatic rings. The molecule has 1 aromatic heterocycles. The normalized spacial score (nSPS) is 19.9. The lowest BCUT2D eigenvalue weighted by Crippen LogP contribution is -2.20. The molecular weight excluding hydrogens is 164 g/mol. The lowest BCUT2D eigenvalue weighted by atomic mass is 9.79. The minimum absolute atomic E-state index is 0.300. The summed E-state index contributed by atoms with van der Waals surface area (Å²) in [5, 5.41) is 9.97. The van der Waals surface area contributed by atoms with Crippen LogP contribution in [0.15, 0.2) is 10.5 Å². The molecule has 1 aliphatic carbocycles. The smallest absolute Gasteiger partial charge is 0.106 e. The van der Waals surface area contributed by atoms with E-state index in [0.29, 0.717) is 5.92 Å². The first-order chi connectivity index (χ1) is 6.18. The van der Waals surface area contributed by atoms with E-state index in [2.05, 4.69) is 0 Å². The van der Waals surface area contributed by atoms with Gasteiger partial charge >= 0.3 is 0 Å². The quantitative estimate of drug-likeness (QED) is 0.759. The summed E-state index contributed by atoms with van der Waals surface area (Å²) in [5.41, 5.74) is 0.988. The zero-order valence-corrected chi connectivity index (χ0v) is 8.21. The van der Waals surface area contributed by atoms with Gasteiger partial charge in [0, 0.05) is 5.56 Å². The molecule has 0 aliphatic heterocycles. The molecule has 2 nitrogen and oxygen atoms in total. The van der Waals surface area contributed by atoms with Gasteiger partial charge in [0.05, 0.1) is 6.10 Å². The number of aryl methyl sites for hydroxylation is 2. The van der Waals surface area contributed by atoms with Crippen molar-refractivity contribution in [2.24, 2.45) is 5.92 Å². The highest BCUT2D eigenvalue weighted by Gasteiger charge is 2.28. The Kier molecular flexibility index (Phi) is 2.16. The van der Waals surface area contributed by atoms with Crippen molar-refractivity contribution in [2.45, 2.75) is 39.2 Å². The molecule has 0 radical (unpaired) electrons. The first-order valence-electron chi connectivity index (χ1n) is 4.93. The van der Waals surface area contributed by atoms with Gasteiger partial charge in [-0.05, 0) is 38.7 Å². The molecule has 1 saturated carbocycles. The lowest BCUT2D eigenvalue weighted by Gasteiger charge is -2.29. The Balaban J connectivity index is 2.18. The van der Waals surface area contributed by atoms with Crippen LogP contribution < -0.4 is 0 Å². The van der Waals surface area contributed by atoms with E-state index >= 15 is 0 Å². The van der Waals surface area contributed by atoms with Gasteiger partial charge in [-0.15, -0.1) is 0 Å². The highest BCUT2D eigenvalue weighted by atomic mass is 16.3. The number of hydrogen-bond donors (Lipinski definition) is 1. The molecular formula is C11H16O2. The van der Waals surface area contributed by atoms with Crippen molar-refractivity contribution in [3.63, 3.8) is 0 Å². The Labute approximate surface area is 78.6 Å². The van der Waals surface area contributed by atoms with Crippen LogP contribution in [-0.4, -0.2) is 5.11 Å². The summed E-state index contributed by atoms with van der Waals surface area (Å²) in [4.78, 5) is 0. The molecule has 1 atom stereocenters. The van der Waals surface area contributed by atoms with E-state index in [0.717, 1.165) is 29.9 Å². The molecule has 2 heteroatoms. The highest BCUT2D eigenvalue weighted by Crippen LogP contribution is 2.39. The number of aliphatic hydroxyl groups excluding tert-OH is 1. The molecule has 2 rings (SSSR count). The van der Waals surface area contributed by atoms with Crippen molar-refractivity contribution in [2.75, 3.05) is 0 Å². The van der Waals surface area contributed by atoms with Crippen LogP contribution in [0.2, 0.25) is 0 Å². The van der Waals surface area contributed by atoms with Gasteiger partial charge in [0.25, 0.3) is 0 Å². The minimum atomic E-state index is -0.300. The monoisotopic (exact) mass is 180 g/mol. The average Bonchev–Trinajstić information content (AvgIpc) is 2.26. The number of aliphatic hydroxyl groups is 1. The largest absolute Gasteiger partial charge is 0.466 e. The second-order valence-corrected chi connectivity index (χ2v) is 4.00. The standard InChI is InChI=1S/C11H16O2/c1-7-6-10(8(2)13-7)11(12)9-4-3-5-9/h6,9,11-12H,3-5H2,1-2H3. The van der Waals surface area contributed by atoms with Crippen LogP contribution in [0.1, 0.15) is 42.5 Å². The Hall–Kier alpha value is -0.760. The predicted molar refractivity (Wildman–Crippen MR) is 50.5 cm³/mol. The summed E-state index contributed by atoms with van der Waals surface area (Å²) in [6, 6.07) is 1.96. The maximum atomic E-state index is 9.97. The van der Waals surface area contributed by atoms with Gasteiger partial charge < -0.3 is 9.52 Å². The lowest BCUT2D eigenvalue weighted by molar-refractivity contribution is 0.0609. The zero-order valence-electron chi connectivity index (χ0n) is 8.21. The van der Waals surface area contributed by atoms with Crippen LogP contribution in [0.25, 0.3) is 0 Å². The van der Waals surface area contributed by atoms with Crippen LogP contribution in [0, 0.1) is 19.8 Å². The van der Waals surface area contributed by atoms with Crippen LogP contribution in [-0.2, 0) is 0 Å². The Morgan fingerprint density at radius 2 is 2.15 bits per heavy atom. The van der Waals surface area contributed by atoms with Gasteiger partial charge in [-0.2, -0.15) is 0 Å². The Bertz CT molecular complexity index is 297. The van der Waals surface area contributed by atoms with Crippen molar-refractivity contribution in [1.29, 1.82) is 0 Å². The van der Waals surface area contributed by atoms with Crippen molar-refractivity contribution in [3.05, 3.63) is 23.2 Å². The van der Waals surface area contributed by atoms with Gasteiger partial charge in [-0.25, -0.2) is 0 Å². The second-order valence-electron chi connectivity index (χ2n) is 4.00. The summed E-state index contributed by atoms with van der Waals surface area (Å²) in [6.45, 7) is 3.84. The van der Waals surface area contributed by atoms with Gasteiger partial charge in [0.1, 0.15) is 11.5 Å². The van der Waals surface area contributed by atoms with E-state index in [-0.39, 0.29) is 6.10 Å². The van der Waals surface area contributed by atoms with Gasteiger partial charge in [0.2, 0.25) is 0 Å². The zero-order chi connectivity index (χ0) is 9.42. The molecule has 1 fully saturated rings. The van der Waals surface area contributed by atoms with Crippen molar-refractivity contribution in [3.8, 4) is 0 Å². The maximum Gasteiger partial charge on any atom is 0.106 e. The Morgan fingerprint density at radius 3 is 2.54 bits per heavy atom. The van der Waals surface area contributed by atoms with Crippen molar-refractivity contribution >= 4 is 0 Å². The van der Waals surface area contributed by atoms with E-state index < -0.39 is 0 Å². The fourth-order valence-electron chi connectivity index (χ4n) is 1.95. The third kappa shape index (κ3) is 1.51. The summed E-state index contributed by atoms with van der Waals surface area (Å²) >= 11 is 0. The molecule has 0 saturated heterocycles. The molecule has 0 bridgehead atoms. The predicted octanol–water partition coefficient (Wildman–Crippen LogP) is 2.73. The highest BCUT2D eigenvalue weighted by molar-refractivity contribution is 5.23. The second kappa shape index (κ2) is 3.18. The first kappa shape index (κ1) is 8.82. The van der Waals surface area contributed by atoms with Crippen LogP contribution in [0.4, 0.5) is 0 Å².